The van der Waals surface area contributed by atoms with Crippen LogP contribution in [0.15, 0.2) is 0 Å². The van der Waals surface area contributed by atoms with Gasteiger partial charge >= 0.3 is 0 Å². The van der Waals surface area contributed by atoms with E-state index in [9.17, 15) is 0 Å². The molecule has 0 spiro atoms. The van der Waals surface area contributed by atoms with Crippen molar-refractivity contribution in [2.75, 3.05) is 25.1 Å². The van der Waals surface area contributed by atoms with Crippen molar-refractivity contribution in [2.24, 2.45) is 11.7 Å². The maximum atomic E-state index is 6.06. The van der Waals surface area contributed by atoms with Gasteiger partial charge in [0, 0.05) is 18.6 Å². The summed E-state index contributed by atoms with van der Waals surface area (Å²) in [6, 6.07) is 1.53. The number of likely N-dealkylation sites (tertiary alicyclic amines) is 1. The minimum atomic E-state index is 0.656. The molecule has 2 nitrogen and oxygen atoms in total. The van der Waals surface area contributed by atoms with Gasteiger partial charge in [0.25, 0.3) is 0 Å². The molecule has 18 heavy (non-hydrogen) atoms. The van der Waals surface area contributed by atoms with Crippen LogP contribution in [0, 0.1) is 5.92 Å². The summed E-state index contributed by atoms with van der Waals surface area (Å²) in [6.07, 6.45) is 13.5. The number of fused-ring (bicyclic) bond motifs is 1. The summed E-state index contributed by atoms with van der Waals surface area (Å²) in [5.41, 5.74) is 6.06. The summed E-state index contributed by atoms with van der Waals surface area (Å²) in [5.74, 6) is 2.28. The predicted molar refractivity (Wildman–Crippen MR) is 82.1 cm³/mol. The van der Waals surface area contributed by atoms with E-state index in [1.54, 1.807) is 0 Å². The van der Waals surface area contributed by atoms with Crippen molar-refractivity contribution in [3.05, 3.63) is 0 Å². The minimum Gasteiger partial charge on any atom is -0.329 e. The Morgan fingerprint density at radius 1 is 1.22 bits per heavy atom. The van der Waals surface area contributed by atoms with Crippen LogP contribution in [-0.2, 0) is 0 Å². The van der Waals surface area contributed by atoms with E-state index in [1.807, 2.05) is 11.8 Å². The Balaban J connectivity index is 1.90. The van der Waals surface area contributed by atoms with Crippen LogP contribution in [0.4, 0.5) is 0 Å². The van der Waals surface area contributed by atoms with Crippen LogP contribution in [0.3, 0.4) is 0 Å². The van der Waals surface area contributed by atoms with Crippen LogP contribution in [0.1, 0.15) is 51.4 Å². The second kappa shape index (κ2) is 7.76. The average molecular weight is 270 g/mol. The highest BCUT2D eigenvalue weighted by molar-refractivity contribution is 7.98. The smallest absolute Gasteiger partial charge is 0.0221 e. The van der Waals surface area contributed by atoms with Gasteiger partial charge in [0.2, 0.25) is 0 Å². The molecule has 1 aliphatic heterocycles. The Bertz CT molecular complexity index is 233. The summed E-state index contributed by atoms with van der Waals surface area (Å²) in [4.78, 5) is 2.80. The van der Waals surface area contributed by atoms with Crippen LogP contribution >= 0.6 is 11.8 Å². The van der Waals surface area contributed by atoms with Crippen LogP contribution in [0.5, 0.6) is 0 Å². The van der Waals surface area contributed by atoms with E-state index in [2.05, 4.69) is 11.2 Å². The average Bonchev–Trinajstić information content (AvgIpc) is 2.43. The number of hydrogen-bond donors (Lipinski definition) is 1. The zero-order valence-corrected chi connectivity index (χ0v) is 12.8. The number of hydrogen-bond acceptors (Lipinski definition) is 3. The molecule has 3 unspecified atom stereocenters. The van der Waals surface area contributed by atoms with E-state index < -0.39 is 0 Å². The van der Waals surface area contributed by atoms with Gasteiger partial charge in [-0.1, -0.05) is 12.8 Å². The third-order valence-electron chi connectivity index (χ3n) is 4.91. The zero-order chi connectivity index (χ0) is 12.8. The monoisotopic (exact) mass is 270 g/mol. The topological polar surface area (TPSA) is 29.3 Å². The molecule has 106 valence electrons. The highest BCUT2D eigenvalue weighted by atomic mass is 32.2. The second-order valence-corrected chi connectivity index (χ2v) is 7.00. The van der Waals surface area contributed by atoms with Gasteiger partial charge in [0.05, 0.1) is 0 Å². The lowest BCUT2D eigenvalue weighted by Crippen LogP contribution is -2.53. The summed E-state index contributed by atoms with van der Waals surface area (Å²) in [7, 11) is 0. The van der Waals surface area contributed by atoms with E-state index in [4.69, 9.17) is 5.73 Å². The number of nitrogens with two attached hydrogens (primary N) is 1. The summed E-state index contributed by atoms with van der Waals surface area (Å²) < 4.78 is 0. The molecular formula is C15H30N2S. The van der Waals surface area contributed by atoms with Crippen LogP contribution in [-0.4, -0.2) is 42.1 Å². The van der Waals surface area contributed by atoms with Gasteiger partial charge in [0.1, 0.15) is 0 Å². The largest absolute Gasteiger partial charge is 0.329 e. The zero-order valence-electron chi connectivity index (χ0n) is 11.9. The number of rotatable bonds is 6. The molecule has 2 fully saturated rings. The SMILES string of the molecule is CSCCCC(CN)N1CCCC2CCCCC21. The Hall–Kier alpha value is 0.270. The molecule has 3 heteroatoms. The van der Waals surface area contributed by atoms with Gasteiger partial charge in [-0.25, -0.2) is 0 Å². The van der Waals surface area contributed by atoms with Crippen LogP contribution in [0.2, 0.25) is 0 Å². The maximum Gasteiger partial charge on any atom is 0.0221 e. The Kier molecular flexibility index (Phi) is 6.33. The van der Waals surface area contributed by atoms with Gasteiger partial charge in [0.15, 0.2) is 0 Å². The van der Waals surface area contributed by atoms with Crippen molar-refractivity contribution < 1.29 is 0 Å². The van der Waals surface area contributed by atoms with Gasteiger partial charge in [-0.2, -0.15) is 11.8 Å². The molecule has 0 aromatic carbocycles. The molecule has 1 heterocycles. The summed E-state index contributed by atoms with van der Waals surface area (Å²) in [6.45, 7) is 2.17. The summed E-state index contributed by atoms with van der Waals surface area (Å²) in [5, 5.41) is 0. The van der Waals surface area contributed by atoms with Crippen molar-refractivity contribution in [3.8, 4) is 0 Å². The van der Waals surface area contributed by atoms with Gasteiger partial charge in [-0.3, -0.25) is 4.90 Å². The number of thioether (sulfide) groups is 1. The molecule has 0 aromatic heterocycles. The van der Waals surface area contributed by atoms with E-state index in [0.29, 0.717) is 6.04 Å². The molecule has 0 aromatic rings. The molecule has 0 radical (unpaired) electrons. The molecule has 3 atom stereocenters. The first-order valence-corrected chi connectivity index (χ1v) is 9.21. The lowest BCUT2D eigenvalue weighted by Gasteiger charge is -2.47. The van der Waals surface area contributed by atoms with Gasteiger partial charge in [-0.15, -0.1) is 0 Å². The van der Waals surface area contributed by atoms with E-state index >= 15 is 0 Å². The van der Waals surface area contributed by atoms with Crippen molar-refractivity contribution in [1.82, 2.24) is 4.90 Å². The van der Waals surface area contributed by atoms with E-state index in [1.165, 1.54) is 63.7 Å². The molecule has 2 aliphatic rings. The Labute approximate surface area is 117 Å². The van der Waals surface area contributed by atoms with Crippen LogP contribution < -0.4 is 5.73 Å². The fourth-order valence-corrected chi connectivity index (χ4v) is 4.45. The minimum absolute atomic E-state index is 0.656. The first kappa shape index (κ1) is 14.7. The van der Waals surface area contributed by atoms with E-state index in [0.717, 1.165) is 18.5 Å². The van der Waals surface area contributed by atoms with Crippen molar-refractivity contribution in [1.29, 1.82) is 0 Å². The third kappa shape index (κ3) is 3.64. The predicted octanol–water partition coefficient (Wildman–Crippen LogP) is 3.11. The molecular weight excluding hydrogens is 240 g/mol. The first-order chi connectivity index (χ1) is 8.86. The first-order valence-electron chi connectivity index (χ1n) is 7.81. The highest BCUT2D eigenvalue weighted by Crippen LogP contribution is 2.36. The summed E-state index contributed by atoms with van der Waals surface area (Å²) >= 11 is 1.96. The normalized spacial score (nSPS) is 31.0. The lowest BCUT2D eigenvalue weighted by molar-refractivity contribution is 0.0254. The Morgan fingerprint density at radius 2 is 2.00 bits per heavy atom. The number of nitrogens with zero attached hydrogens (tertiary/aromatic N) is 1. The van der Waals surface area contributed by atoms with E-state index in [-0.39, 0.29) is 0 Å². The number of piperidine rings is 1. The molecule has 1 saturated heterocycles. The molecule has 1 saturated carbocycles. The van der Waals surface area contributed by atoms with Crippen molar-refractivity contribution in [2.45, 2.75) is 63.5 Å². The van der Waals surface area contributed by atoms with Gasteiger partial charge < -0.3 is 5.73 Å². The fourth-order valence-electron chi connectivity index (χ4n) is 4.00. The fraction of sp³-hybridized carbons (Fsp3) is 1.00. The molecule has 1 aliphatic carbocycles. The van der Waals surface area contributed by atoms with Crippen molar-refractivity contribution >= 4 is 11.8 Å². The maximum absolute atomic E-state index is 6.06. The second-order valence-electron chi connectivity index (χ2n) is 6.02. The quantitative estimate of drug-likeness (QED) is 0.752. The van der Waals surface area contributed by atoms with Crippen LogP contribution in [0.25, 0.3) is 0 Å². The molecule has 2 N–H and O–H groups in total. The standard InChI is InChI=1S/C15H30N2S/c1-18-11-5-8-14(12-16)17-10-4-7-13-6-2-3-9-15(13)17/h13-15H,2-12,16H2,1H3. The molecule has 0 bridgehead atoms. The lowest BCUT2D eigenvalue weighted by atomic mass is 9.77. The Morgan fingerprint density at radius 3 is 2.78 bits per heavy atom. The van der Waals surface area contributed by atoms with Gasteiger partial charge in [-0.05, 0) is 63.0 Å². The van der Waals surface area contributed by atoms with Crippen molar-refractivity contribution in [3.63, 3.8) is 0 Å². The third-order valence-corrected chi connectivity index (χ3v) is 5.61. The highest BCUT2D eigenvalue weighted by Gasteiger charge is 2.35. The molecule has 0 amide bonds. The molecule has 2 rings (SSSR count).